The second-order valence-corrected chi connectivity index (χ2v) is 6.78. The second kappa shape index (κ2) is 8.22. The van der Waals surface area contributed by atoms with E-state index in [0.29, 0.717) is 38.5 Å². The largest absolute Gasteiger partial charge is 0.497 e. The van der Waals surface area contributed by atoms with E-state index in [2.05, 4.69) is 0 Å². The zero-order valence-corrected chi connectivity index (χ0v) is 14.6. The Morgan fingerprint density at radius 1 is 1.17 bits per heavy atom. The molecule has 0 saturated heterocycles. The van der Waals surface area contributed by atoms with Crippen LogP contribution in [-0.2, 0) is 20.8 Å². The highest BCUT2D eigenvalue weighted by Gasteiger charge is 2.42. The van der Waals surface area contributed by atoms with Gasteiger partial charge >= 0.3 is 0 Å². The molecule has 4 heteroatoms. The van der Waals surface area contributed by atoms with Crippen molar-refractivity contribution in [3.05, 3.63) is 29.8 Å². The number of rotatable bonds is 8. The van der Waals surface area contributed by atoms with E-state index in [1.165, 1.54) is 0 Å². The van der Waals surface area contributed by atoms with Crippen LogP contribution >= 0.6 is 0 Å². The van der Waals surface area contributed by atoms with Gasteiger partial charge in [0.05, 0.1) is 12.5 Å². The van der Waals surface area contributed by atoms with Gasteiger partial charge in [-0.1, -0.05) is 12.1 Å². The Labute approximate surface area is 143 Å². The molecule has 0 atom stereocenters. The minimum atomic E-state index is -0.930. The Bertz CT molecular complexity index is 602. The number of Topliss-reactive ketones (excluding diaryl/α,β-unsaturated/α-hetero) is 3. The topological polar surface area (TPSA) is 60.4 Å². The predicted octanol–water partition coefficient (Wildman–Crippen LogP) is 3.70. The normalized spacial score (nSPS) is 16.9. The molecule has 2 rings (SSSR count). The second-order valence-electron chi connectivity index (χ2n) is 6.78. The van der Waals surface area contributed by atoms with Crippen molar-refractivity contribution in [3.8, 4) is 5.75 Å². The van der Waals surface area contributed by atoms with E-state index in [-0.39, 0.29) is 17.3 Å². The first-order valence-electron chi connectivity index (χ1n) is 8.67. The molecule has 0 N–H and O–H groups in total. The molecule has 0 unspecified atom stereocenters. The van der Waals surface area contributed by atoms with Crippen LogP contribution in [0.3, 0.4) is 0 Å². The fourth-order valence-corrected chi connectivity index (χ4v) is 3.23. The van der Waals surface area contributed by atoms with E-state index in [0.717, 1.165) is 24.2 Å². The smallest absolute Gasteiger partial charge is 0.146 e. The average Bonchev–Trinajstić information content (AvgIpc) is 2.58. The fourth-order valence-electron chi connectivity index (χ4n) is 3.23. The number of hydrogen-bond donors (Lipinski definition) is 0. The highest BCUT2D eigenvalue weighted by atomic mass is 16.5. The van der Waals surface area contributed by atoms with Crippen LogP contribution in [0.5, 0.6) is 5.75 Å². The molecule has 0 amide bonds. The van der Waals surface area contributed by atoms with Gasteiger partial charge in [0.25, 0.3) is 0 Å². The van der Waals surface area contributed by atoms with Gasteiger partial charge in [0.1, 0.15) is 23.1 Å². The van der Waals surface area contributed by atoms with Crippen molar-refractivity contribution in [2.75, 3.05) is 7.11 Å². The Balaban J connectivity index is 1.77. The number of carbonyl (C=O) groups excluding carboxylic acids is 3. The van der Waals surface area contributed by atoms with Gasteiger partial charge in [0.15, 0.2) is 0 Å². The molecular weight excluding hydrogens is 304 g/mol. The summed E-state index contributed by atoms with van der Waals surface area (Å²) in [6, 6.07) is 7.84. The fraction of sp³-hybridized carbons (Fsp3) is 0.550. The third-order valence-electron chi connectivity index (χ3n) is 5.00. The number of aryl methyl sites for hydroxylation is 1. The van der Waals surface area contributed by atoms with Crippen molar-refractivity contribution < 1.29 is 19.1 Å². The number of methoxy groups -OCH3 is 1. The molecule has 0 aromatic heterocycles. The van der Waals surface area contributed by atoms with Crippen LogP contribution in [0.2, 0.25) is 0 Å². The summed E-state index contributed by atoms with van der Waals surface area (Å²) in [5.41, 5.74) is 0.215. The molecule has 1 aromatic carbocycles. The maximum absolute atomic E-state index is 12.1. The number of carbonyl (C=O) groups is 3. The van der Waals surface area contributed by atoms with E-state index in [1.807, 2.05) is 24.3 Å². The SMILES string of the molecule is COc1cccc(CCCC(=O)CCC2(C)C(=O)CCCC2=O)c1. The van der Waals surface area contributed by atoms with Crippen LogP contribution in [0.25, 0.3) is 0 Å². The number of ketones is 3. The lowest BCUT2D eigenvalue weighted by atomic mass is 9.70. The monoisotopic (exact) mass is 330 g/mol. The van der Waals surface area contributed by atoms with Crippen LogP contribution in [0, 0.1) is 5.41 Å². The van der Waals surface area contributed by atoms with Crippen molar-refractivity contribution in [3.63, 3.8) is 0 Å². The Kier molecular flexibility index (Phi) is 6.29. The summed E-state index contributed by atoms with van der Waals surface area (Å²) >= 11 is 0. The molecule has 0 radical (unpaired) electrons. The third-order valence-corrected chi connectivity index (χ3v) is 5.00. The molecule has 1 saturated carbocycles. The minimum Gasteiger partial charge on any atom is -0.497 e. The van der Waals surface area contributed by atoms with Gasteiger partial charge in [-0.15, -0.1) is 0 Å². The Hall–Kier alpha value is -1.97. The van der Waals surface area contributed by atoms with Gasteiger partial charge in [0, 0.05) is 25.7 Å². The van der Waals surface area contributed by atoms with Crippen molar-refractivity contribution in [1.29, 1.82) is 0 Å². The van der Waals surface area contributed by atoms with E-state index >= 15 is 0 Å². The zero-order valence-electron chi connectivity index (χ0n) is 14.6. The van der Waals surface area contributed by atoms with Gasteiger partial charge in [-0.25, -0.2) is 0 Å². The summed E-state index contributed by atoms with van der Waals surface area (Å²) in [7, 11) is 1.64. The molecule has 0 bridgehead atoms. The highest BCUT2D eigenvalue weighted by Crippen LogP contribution is 2.34. The van der Waals surface area contributed by atoms with Crippen LogP contribution in [0.15, 0.2) is 24.3 Å². The molecule has 1 aliphatic rings. The zero-order chi connectivity index (χ0) is 17.6. The first-order chi connectivity index (χ1) is 11.5. The molecule has 130 valence electrons. The summed E-state index contributed by atoms with van der Waals surface area (Å²) in [6.45, 7) is 1.71. The van der Waals surface area contributed by atoms with Gasteiger partial charge in [-0.2, -0.15) is 0 Å². The molecule has 0 heterocycles. The standard InChI is InChI=1S/C20H26O4/c1-20(18(22)10-5-11-19(20)23)13-12-16(21)8-3-6-15-7-4-9-17(14-15)24-2/h4,7,9,14H,3,5-6,8,10-13H2,1-2H3. The Morgan fingerprint density at radius 3 is 2.54 bits per heavy atom. The van der Waals surface area contributed by atoms with Crippen LogP contribution in [-0.4, -0.2) is 24.5 Å². The maximum atomic E-state index is 12.1. The van der Waals surface area contributed by atoms with Gasteiger partial charge in [-0.3, -0.25) is 14.4 Å². The lowest BCUT2D eigenvalue weighted by molar-refractivity contribution is -0.143. The molecule has 0 spiro atoms. The quantitative estimate of drug-likeness (QED) is 0.682. The molecule has 0 aliphatic heterocycles. The van der Waals surface area contributed by atoms with E-state index in [4.69, 9.17) is 4.74 Å². The summed E-state index contributed by atoms with van der Waals surface area (Å²) in [4.78, 5) is 36.2. The summed E-state index contributed by atoms with van der Waals surface area (Å²) in [5.74, 6) is 0.956. The number of benzene rings is 1. The summed E-state index contributed by atoms with van der Waals surface area (Å²) in [6.07, 6.45) is 4.33. The van der Waals surface area contributed by atoms with Crippen LogP contribution < -0.4 is 4.74 Å². The summed E-state index contributed by atoms with van der Waals surface area (Å²) in [5, 5.41) is 0. The highest BCUT2D eigenvalue weighted by molar-refractivity contribution is 6.08. The van der Waals surface area contributed by atoms with Crippen molar-refractivity contribution in [2.24, 2.45) is 5.41 Å². The van der Waals surface area contributed by atoms with Crippen molar-refractivity contribution in [2.45, 2.75) is 58.3 Å². The molecule has 24 heavy (non-hydrogen) atoms. The van der Waals surface area contributed by atoms with Gasteiger partial charge < -0.3 is 4.74 Å². The first kappa shape index (κ1) is 18.4. The first-order valence-corrected chi connectivity index (χ1v) is 8.67. The minimum absolute atomic E-state index is 0.00271. The molecule has 1 aromatic rings. The predicted molar refractivity (Wildman–Crippen MR) is 92.1 cm³/mol. The third kappa shape index (κ3) is 4.53. The van der Waals surface area contributed by atoms with Crippen molar-refractivity contribution in [1.82, 2.24) is 0 Å². The number of ether oxygens (including phenoxy) is 1. The lowest BCUT2D eigenvalue weighted by Gasteiger charge is -2.30. The average molecular weight is 330 g/mol. The van der Waals surface area contributed by atoms with Gasteiger partial charge in [0.2, 0.25) is 0 Å². The van der Waals surface area contributed by atoms with Crippen molar-refractivity contribution >= 4 is 17.3 Å². The summed E-state index contributed by atoms with van der Waals surface area (Å²) < 4.78 is 5.19. The van der Waals surface area contributed by atoms with Crippen LogP contribution in [0.4, 0.5) is 0 Å². The Morgan fingerprint density at radius 2 is 1.88 bits per heavy atom. The van der Waals surface area contributed by atoms with E-state index in [9.17, 15) is 14.4 Å². The molecule has 1 aliphatic carbocycles. The molecular formula is C20H26O4. The van der Waals surface area contributed by atoms with E-state index in [1.54, 1.807) is 14.0 Å². The van der Waals surface area contributed by atoms with Gasteiger partial charge in [-0.05, 0) is 50.3 Å². The number of hydrogen-bond acceptors (Lipinski definition) is 4. The molecule has 4 nitrogen and oxygen atoms in total. The molecule has 1 fully saturated rings. The van der Waals surface area contributed by atoms with E-state index < -0.39 is 5.41 Å². The van der Waals surface area contributed by atoms with Crippen LogP contribution in [0.1, 0.15) is 57.4 Å². The maximum Gasteiger partial charge on any atom is 0.146 e. The lowest BCUT2D eigenvalue weighted by Crippen LogP contribution is -2.40.